The van der Waals surface area contributed by atoms with Crippen LogP contribution < -0.4 is 10.2 Å². The van der Waals surface area contributed by atoms with E-state index >= 15 is 0 Å². The van der Waals surface area contributed by atoms with Gasteiger partial charge in [0.25, 0.3) is 0 Å². The number of halogens is 1. The number of rotatable bonds is 5. The van der Waals surface area contributed by atoms with Crippen LogP contribution in [0.5, 0.6) is 0 Å². The number of benzene rings is 1. The lowest BCUT2D eigenvalue weighted by molar-refractivity contribution is 0.614. The standard InChI is InChI=1S/C14H19FN4/c1-10(2)19(3)14-5-4-11(6-13(14)15)17-8-12-7-16-9-18-12/h4-7,9-10,17H,8H2,1-3H3,(H,16,18). The van der Waals surface area contributed by atoms with Crippen LogP contribution >= 0.6 is 0 Å². The minimum Gasteiger partial charge on any atom is -0.379 e. The summed E-state index contributed by atoms with van der Waals surface area (Å²) in [5, 5.41) is 3.15. The molecule has 1 heterocycles. The Labute approximate surface area is 112 Å². The normalized spacial score (nSPS) is 10.8. The fourth-order valence-corrected chi connectivity index (χ4v) is 1.76. The maximum Gasteiger partial charge on any atom is 0.148 e. The van der Waals surface area contributed by atoms with Crippen LogP contribution in [-0.4, -0.2) is 23.1 Å². The highest BCUT2D eigenvalue weighted by atomic mass is 19.1. The molecule has 2 aromatic rings. The van der Waals surface area contributed by atoms with Gasteiger partial charge in [0.05, 0.1) is 24.3 Å². The first-order valence-electron chi connectivity index (χ1n) is 6.31. The molecule has 1 aromatic heterocycles. The topological polar surface area (TPSA) is 44.0 Å². The number of aromatic nitrogens is 2. The quantitative estimate of drug-likeness (QED) is 0.870. The molecule has 1 aromatic carbocycles. The lowest BCUT2D eigenvalue weighted by atomic mass is 10.2. The van der Waals surface area contributed by atoms with Crippen LogP contribution in [0, 0.1) is 5.82 Å². The number of nitrogens with one attached hydrogen (secondary N) is 2. The van der Waals surface area contributed by atoms with Crippen molar-refractivity contribution in [3.05, 3.63) is 42.2 Å². The van der Waals surface area contributed by atoms with E-state index in [4.69, 9.17) is 0 Å². The molecule has 0 bridgehead atoms. The Bertz CT molecular complexity index is 522. The summed E-state index contributed by atoms with van der Waals surface area (Å²) in [6.07, 6.45) is 3.36. The van der Waals surface area contributed by atoms with E-state index in [0.29, 0.717) is 12.2 Å². The number of hydrogen-bond donors (Lipinski definition) is 2. The van der Waals surface area contributed by atoms with E-state index in [1.807, 2.05) is 31.9 Å². The summed E-state index contributed by atoms with van der Waals surface area (Å²) in [4.78, 5) is 8.83. The van der Waals surface area contributed by atoms with Gasteiger partial charge in [0.2, 0.25) is 0 Å². The fourth-order valence-electron chi connectivity index (χ4n) is 1.76. The first-order chi connectivity index (χ1) is 9.08. The molecule has 0 saturated carbocycles. The predicted octanol–water partition coefficient (Wildman–Crippen LogP) is 3.01. The lowest BCUT2D eigenvalue weighted by Gasteiger charge is -2.24. The van der Waals surface area contributed by atoms with Crippen LogP contribution in [0.15, 0.2) is 30.7 Å². The van der Waals surface area contributed by atoms with Gasteiger partial charge in [-0.05, 0) is 32.0 Å². The van der Waals surface area contributed by atoms with Gasteiger partial charge in [-0.2, -0.15) is 0 Å². The molecule has 5 heteroatoms. The molecule has 0 aliphatic heterocycles. The summed E-state index contributed by atoms with van der Waals surface area (Å²) in [6, 6.07) is 5.46. The SMILES string of the molecule is CC(C)N(C)c1ccc(NCc2cnc[nH]2)cc1F. The van der Waals surface area contributed by atoms with E-state index in [-0.39, 0.29) is 11.9 Å². The Morgan fingerprint density at radius 2 is 2.21 bits per heavy atom. The number of hydrogen-bond acceptors (Lipinski definition) is 3. The molecule has 2 N–H and O–H groups in total. The first kappa shape index (κ1) is 13.4. The molecule has 0 amide bonds. The van der Waals surface area contributed by atoms with Gasteiger partial charge >= 0.3 is 0 Å². The number of anilines is 2. The van der Waals surface area contributed by atoms with E-state index in [9.17, 15) is 4.39 Å². The second-order valence-corrected chi connectivity index (χ2v) is 4.80. The van der Waals surface area contributed by atoms with Crippen molar-refractivity contribution in [1.29, 1.82) is 0 Å². The molecule has 0 radical (unpaired) electrons. The number of aromatic amines is 1. The monoisotopic (exact) mass is 262 g/mol. The van der Waals surface area contributed by atoms with Crippen LogP contribution in [0.4, 0.5) is 15.8 Å². The third kappa shape index (κ3) is 3.24. The Morgan fingerprint density at radius 1 is 1.42 bits per heavy atom. The largest absolute Gasteiger partial charge is 0.379 e. The van der Waals surface area contributed by atoms with E-state index < -0.39 is 0 Å². The summed E-state index contributed by atoms with van der Waals surface area (Å²) in [5.41, 5.74) is 2.33. The molecule has 2 rings (SSSR count). The molecule has 4 nitrogen and oxygen atoms in total. The smallest absolute Gasteiger partial charge is 0.148 e. The highest BCUT2D eigenvalue weighted by molar-refractivity contribution is 5.56. The average molecular weight is 262 g/mol. The molecular formula is C14H19FN4. The van der Waals surface area contributed by atoms with Crippen LogP contribution in [0.3, 0.4) is 0 Å². The van der Waals surface area contributed by atoms with Gasteiger partial charge in [-0.3, -0.25) is 0 Å². The molecule has 0 aliphatic rings. The fraction of sp³-hybridized carbons (Fsp3) is 0.357. The molecule has 0 saturated heterocycles. The van der Waals surface area contributed by atoms with Crippen molar-refractivity contribution in [2.45, 2.75) is 26.4 Å². The Hall–Kier alpha value is -2.04. The van der Waals surface area contributed by atoms with Crippen molar-refractivity contribution < 1.29 is 4.39 Å². The van der Waals surface area contributed by atoms with Gasteiger partial charge in [0.1, 0.15) is 5.82 Å². The van der Waals surface area contributed by atoms with Crippen molar-refractivity contribution in [2.24, 2.45) is 0 Å². The zero-order valence-electron chi connectivity index (χ0n) is 11.4. The molecule has 0 fully saturated rings. The Kier molecular flexibility index (Phi) is 4.04. The number of nitrogens with zero attached hydrogens (tertiary/aromatic N) is 2. The lowest BCUT2D eigenvalue weighted by Crippen LogP contribution is -2.26. The van der Waals surface area contributed by atoms with Crippen LogP contribution in [0.2, 0.25) is 0 Å². The molecule has 0 aliphatic carbocycles. The molecule has 0 spiro atoms. The minimum absolute atomic E-state index is 0.217. The summed E-state index contributed by atoms with van der Waals surface area (Å²) >= 11 is 0. The summed E-state index contributed by atoms with van der Waals surface area (Å²) in [7, 11) is 1.89. The van der Waals surface area contributed by atoms with E-state index in [1.165, 1.54) is 6.07 Å². The predicted molar refractivity (Wildman–Crippen MR) is 75.9 cm³/mol. The van der Waals surface area contributed by atoms with E-state index in [0.717, 1.165) is 11.4 Å². The summed E-state index contributed by atoms with van der Waals surface area (Å²) in [6.45, 7) is 4.66. The first-order valence-corrected chi connectivity index (χ1v) is 6.31. The minimum atomic E-state index is -0.217. The van der Waals surface area contributed by atoms with Crippen LogP contribution in [0.1, 0.15) is 19.5 Å². The number of H-pyrrole nitrogens is 1. The van der Waals surface area contributed by atoms with Crippen molar-refractivity contribution in [2.75, 3.05) is 17.3 Å². The molecule has 0 atom stereocenters. The van der Waals surface area contributed by atoms with E-state index in [1.54, 1.807) is 18.6 Å². The average Bonchev–Trinajstić information content (AvgIpc) is 2.88. The maximum atomic E-state index is 14.0. The van der Waals surface area contributed by atoms with Crippen LogP contribution in [-0.2, 0) is 6.54 Å². The maximum absolute atomic E-state index is 14.0. The Morgan fingerprint density at radius 3 is 2.79 bits per heavy atom. The summed E-state index contributed by atoms with van der Waals surface area (Å²) in [5.74, 6) is -0.217. The highest BCUT2D eigenvalue weighted by Crippen LogP contribution is 2.23. The van der Waals surface area contributed by atoms with Gasteiger partial charge in [0, 0.05) is 25.0 Å². The van der Waals surface area contributed by atoms with Gasteiger partial charge < -0.3 is 15.2 Å². The van der Waals surface area contributed by atoms with Gasteiger partial charge in [-0.25, -0.2) is 9.37 Å². The van der Waals surface area contributed by atoms with Crippen molar-refractivity contribution in [1.82, 2.24) is 9.97 Å². The van der Waals surface area contributed by atoms with Crippen molar-refractivity contribution >= 4 is 11.4 Å². The zero-order valence-corrected chi connectivity index (χ0v) is 11.4. The second kappa shape index (κ2) is 5.73. The van der Waals surface area contributed by atoms with Gasteiger partial charge in [0.15, 0.2) is 0 Å². The summed E-state index contributed by atoms with van der Waals surface area (Å²) < 4.78 is 14.0. The Balaban J connectivity index is 2.06. The molecular weight excluding hydrogens is 243 g/mol. The molecule has 19 heavy (non-hydrogen) atoms. The molecule has 0 unspecified atom stereocenters. The second-order valence-electron chi connectivity index (χ2n) is 4.80. The van der Waals surface area contributed by atoms with Gasteiger partial charge in [-0.1, -0.05) is 0 Å². The van der Waals surface area contributed by atoms with E-state index in [2.05, 4.69) is 15.3 Å². The van der Waals surface area contributed by atoms with Gasteiger partial charge in [-0.15, -0.1) is 0 Å². The van der Waals surface area contributed by atoms with Crippen LogP contribution in [0.25, 0.3) is 0 Å². The molecule has 102 valence electrons. The van der Waals surface area contributed by atoms with Crippen molar-refractivity contribution in [3.63, 3.8) is 0 Å². The van der Waals surface area contributed by atoms with Crippen molar-refractivity contribution in [3.8, 4) is 0 Å². The highest BCUT2D eigenvalue weighted by Gasteiger charge is 2.10. The zero-order chi connectivity index (χ0) is 13.8. The third-order valence-corrected chi connectivity index (χ3v) is 3.14. The third-order valence-electron chi connectivity index (χ3n) is 3.14. The number of imidazole rings is 1.